The van der Waals surface area contributed by atoms with Crippen molar-refractivity contribution < 1.29 is 19.4 Å². The number of fused-ring (bicyclic) bond motifs is 1. The molecule has 0 bridgehead atoms. The smallest absolute Gasteiger partial charge is 0.304 e. The largest absolute Gasteiger partial charge is 0.489 e. The van der Waals surface area contributed by atoms with Gasteiger partial charge < -0.3 is 14.6 Å². The first-order valence-corrected chi connectivity index (χ1v) is 11.3. The third-order valence-electron chi connectivity index (χ3n) is 5.26. The number of aromatic nitrogens is 2. The molecule has 0 fully saturated rings. The second-order valence-corrected chi connectivity index (χ2v) is 8.41. The van der Waals surface area contributed by atoms with Gasteiger partial charge in [0, 0.05) is 18.5 Å². The number of hydrogen-bond acceptors (Lipinski definition) is 4. The summed E-state index contributed by atoms with van der Waals surface area (Å²) < 4.78 is 13.7. The molecular weight excluding hydrogens is 416 g/mol. The second-order valence-electron chi connectivity index (χ2n) is 8.41. The topological polar surface area (TPSA) is 73.6 Å². The molecule has 0 saturated carbocycles. The Hall–Kier alpha value is -3.30. The van der Waals surface area contributed by atoms with Gasteiger partial charge in [0.15, 0.2) is 0 Å². The lowest BCUT2D eigenvalue weighted by Gasteiger charge is -2.11. The fraction of sp³-hybridized carbons (Fsp3) is 0.407. The van der Waals surface area contributed by atoms with Crippen LogP contribution >= 0.6 is 0 Å². The van der Waals surface area contributed by atoms with Crippen molar-refractivity contribution in [2.75, 3.05) is 6.61 Å². The predicted octanol–water partition coefficient (Wildman–Crippen LogP) is 5.39. The number of nitrogens with zero attached hydrogens (tertiary/aromatic N) is 2. The van der Waals surface area contributed by atoms with Crippen LogP contribution in [0.25, 0.3) is 10.9 Å². The average molecular weight is 449 g/mol. The number of rotatable bonds is 11. The summed E-state index contributed by atoms with van der Waals surface area (Å²) in [5, 5.41) is 15.0. The molecule has 0 spiro atoms. The van der Waals surface area contributed by atoms with E-state index in [2.05, 4.69) is 48.6 Å². The van der Waals surface area contributed by atoms with Gasteiger partial charge in [-0.15, -0.1) is 5.92 Å². The Morgan fingerprint density at radius 3 is 2.55 bits per heavy atom. The summed E-state index contributed by atoms with van der Waals surface area (Å²) in [6.45, 7) is 10.5. The molecule has 0 unspecified atom stereocenters. The van der Waals surface area contributed by atoms with Crippen molar-refractivity contribution in [2.24, 2.45) is 5.92 Å². The Morgan fingerprint density at radius 2 is 1.91 bits per heavy atom. The monoisotopic (exact) mass is 448 g/mol. The summed E-state index contributed by atoms with van der Waals surface area (Å²) in [4.78, 5) is 11.1. The van der Waals surface area contributed by atoms with Crippen LogP contribution in [0.3, 0.4) is 0 Å². The van der Waals surface area contributed by atoms with Crippen molar-refractivity contribution in [1.82, 2.24) is 9.78 Å². The van der Waals surface area contributed by atoms with Crippen molar-refractivity contribution in [3.05, 3.63) is 59.3 Å². The molecule has 2 aromatic carbocycles. The molecule has 3 rings (SSSR count). The van der Waals surface area contributed by atoms with Crippen LogP contribution in [0, 0.1) is 17.8 Å². The molecule has 33 heavy (non-hydrogen) atoms. The summed E-state index contributed by atoms with van der Waals surface area (Å²) in [5.41, 5.74) is 3.98. The van der Waals surface area contributed by atoms with E-state index in [1.165, 1.54) is 0 Å². The number of ether oxygens (including phenoxy) is 2. The molecule has 0 radical (unpaired) electrons. The number of benzene rings is 2. The van der Waals surface area contributed by atoms with Gasteiger partial charge in [0.25, 0.3) is 0 Å². The molecule has 1 heterocycles. The number of hydrogen-bond donors (Lipinski definition) is 1. The Labute approximate surface area is 195 Å². The van der Waals surface area contributed by atoms with E-state index >= 15 is 0 Å². The molecule has 1 aromatic heterocycles. The lowest BCUT2D eigenvalue weighted by molar-refractivity contribution is -0.137. The van der Waals surface area contributed by atoms with Crippen molar-refractivity contribution >= 4 is 16.9 Å². The van der Waals surface area contributed by atoms with Gasteiger partial charge in [-0.2, -0.15) is 5.10 Å². The van der Waals surface area contributed by atoms with E-state index in [0.717, 1.165) is 40.0 Å². The van der Waals surface area contributed by atoms with Gasteiger partial charge in [-0.1, -0.05) is 44.0 Å². The van der Waals surface area contributed by atoms with Crippen molar-refractivity contribution in [3.8, 4) is 17.6 Å². The number of carboxylic acids is 1. The first-order valence-electron chi connectivity index (χ1n) is 11.3. The Kier molecular flexibility index (Phi) is 8.51. The van der Waals surface area contributed by atoms with Gasteiger partial charge in [0.2, 0.25) is 0 Å². The summed E-state index contributed by atoms with van der Waals surface area (Å²) >= 11 is 0. The molecule has 0 amide bonds. The maximum atomic E-state index is 11.1. The highest BCUT2D eigenvalue weighted by Gasteiger charge is 2.14. The quantitative estimate of drug-likeness (QED) is 0.398. The summed E-state index contributed by atoms with van der Waals surface area (Å²) in [6, 6.07) is 13.8. The van der Waals surface area contributed by atoms with Crippen LogP contribution in [0.1, 0.15) is 56.9 Å². The Bertz CT molecular complexity index is 1140. The Balaban J connectivity index is 1.75. The van der Waals surface area contributed by atoms with Crippen LogP contribution in [0.4, 0.5) is 0 Å². The van der Waals surface area contributed by atoms with Crippen molar-refractivity contribution in [1.29, 1.82) is 0 Å². The molecule has 0 aliphatic heterocycles. The van der Waals surface area contributed by atoms with Crippen LogP contribution in [0.2, 0.25) is 0 Å². The highest BCUT2D eigenvalue weighted by atomic mass is 16.5. The molecule has 1 atom stereocenters. The van der Waals surface area contributed by atoms with Crippen LogP contribution < -0.4 is 4.74 Å². The normalized spacial score (nSPS) is 11.9. The first kappa shape index (κ1) is 24.3. The maximum absolute atomic E-state index is 11.1. The molecule has 6 nitrogen and oxygen atoms in total. The summed E-state index contributed by atoms with van der Waals surface area (Å²) in [7, 11) is 0. The summed E-state index contributed by atoms with van der Waals surface area (Å²) in [6.07, 6.45) is -0.0175. The zero-order valence-electron chi connectivity index (χ0n) is 19.8. The SMILES string of the molecule is CC#C[C@@H](CC(=O)O)c1ccc(OCc2ccc3c(COCC)nn(CC(C)C)c3c2)cc1. The van der Waals surface area contributed by atoms with E-state index in [1.54, 1.807) is 6.92 Å². The third kappa shape index (κ3) is 6.59. The minimum Gasteiger partial charge on any atom is -0.489 e. The van der Waals surface area contributed by atoms with E-state index in [-0.39, 0.29) is 12.3 Å². The van der Waals surface area contributed by atoms with Gasteiger partial charge in [-0.05, 0) is 49.1 Å². The third-order valence-corrected chi connectivity index (χ3v) is 5.26. The highest BCUT2D eigenvalue weighted by molar-refractivity contribution is 5.82. The lowest BCUT2D eigenvalue weighted by atomic mass is 9.96. The van der Waals surface area contributed by atoms with E-state index < -0.39 is 5.97 Å². The Morgan fingerprint density at radius 1 is 1.15 bits per heavy atom. The molecule has 174 valence electrons. The van der Waals surface area contributed by atoms with Gasteiger partial charge in [-0.3, -0.25) is 9.48 Å². The van der Waals surface area contributed by atoms with Crippen molar-refractivity contribution in [2.45, 2.75) is 59.8 Å². The fourth-order valence-electron chi connectivity index (χ4n) is 3.73. The molecule has 6 heteroatoms. The van der Waals surface area contributed by atoms with Gasteiger partial charge >= 0.3 is 5.97 Å². The molecule has 0 saturated heterocycles. The minimum atomic E-state index is -0.861. The molecule has 1 N–H and O–H groups in total. The van der Waals surface area contributed by atoms with E-state index in [0.29, 0.717) is 25.7 Å². The van der Waals surface area contributed by atoms with Crippen LogP contribution in [-0.2, 0) is 29.3 Å². The standard InChI is InChI=1S/C27H32N2O4/c1-5-7-22(15-27(30)31)21-9-11-23(12-10-21)33-17-20-8-13-24-25(18-32-6-2)28-29(16-19(3)4)26(24)14-20/h8-14,19,22H,6,15-18H2,1-4H3,(H,30,31)/t22-/m0/s1. The molecular formula is C27H32N2O4. The zero-order valence-corrected chi connectivity index (χ0v) is 19.8. The van der Waals surface area contributed by atoms with Gasteiger partial charge in [-0.25, -0.2) is 0 Å². The van der Waals surface area contributed by atoms with E-state index in [1.807, 2.05) is 31.2 Å². The number of carboxylic acid groups (broad SMARTS) is 1. The van der Waals surface area contributed by atoms with Crippen molar-refractivity contribution in [3.63, 3.8) is 0 Å². The predicted molar refractivity (Wildman–Crippen MR) is 129 cm³/mol. The maximum Gasteiger partial charge on any atom is 0.304 e. The van der Waals surface area contributed by atoms with E-state index in [9.17, 15) is 4.79 Å². The minimum absolute atomic E-state index is 0.0175. The summed E-state index contributed by atoms with van der Waals surface area (Å²) in [5.74, 6) is 5.81. The van der Waals surface area contributed by atoms with Crippen LogP contribution in [0.15, 0.2) is 42.5 Å². The van der Waals surface area contributed by atoms with Crippen LogP contribution in [-0.4, -0.2) is 27.5 Å². The first-order chi connectivity index (χ1) is 15.9. The molecule has 3 aromatic rings. The van der Waals surface area contributed by atoms with Gasteiger partial charge in [0.1, 0.15) is 12.4 Å². The second kappa shape index (κ2) is 11.5. The lowest BCUT2D eigenvalue weighted by Crippen LogP contribution is -2.07. The fourth-order valence-corrected chi connectivity index (χ4v) is 3.73. The molecule has 0 aliphatic carbocycles. The number of carbonyl (C=O) groups is 1. The number of aliphatic carboxylic acids is 1. The zero-order chi connectivity index (χ0) is 23.8. The van der Waals surface area contributed by atoms with E-state index in [4.69, 9.17) is 19.7 Å². The van der Waals surface area contributed by atoms with Crippen LogP contribution in [0.5, 0.6) is 5.75 Å². The average Bonchev–Trinajstić information content (AvgIpc) is 3.12. The highest BCUT2D eigenvalue weighted by Crippen LogP contribution is 2.25. The van der Waals surface area contributed by atoms with Gasteiger partial charge in [0.05, 0.1) is 30.2 Å². The molecule has 0 aliphatic rings.